The summed E-state index contributed by atoms with van der Waals surface area (Å²) in [6.07, 6.45) is 1.26. The number of benzene rings is 2. The van der Waals surface area contributed by atoms with Gasteiger partial charge in [-0.05, 0) is 42.8 Å². The first-order valence-electron chi connectivity index (χ1n) is 11.8. The lowest BCUT2D eigenvalue weighted by atomic mass is 10.1. The Bertz CT molecular complexity index is 984. The van der Waals surface area contributed by atoms with Crippen molar-refractivity contribution in [1.29, 1.82) is 0 Å². The number of morpholine rings is 1. The minimum atomic E-state index is -0.0539. The molecule has 7 nitrogen and oxygen atoms in total. The van der Waals surface area contributed by atoms with Crippen LogP contribution in [0, 0.1) is 0 Å². The molecule has 1 unspecified atom stereocenters. The second kappa shape index (κ2) is 11.7. The molecular weight excluding hydrogens is 454 g/mol. The molecule has 8 heteroatoms. The molecule has 0 N–H and O–H groups in total. The zero-order valence-electron chi connectivity index (χ0n) is 19.6. The van der Waals surface area contributed by atoms with E-state index in [4.69, 9.17) is 21.1 Å². The Hall–Kier alpha value is -2.61. The Morgan fingerprint density at radius 3 is 2.56 bits per heavy atom. The molecule has 182 valence electrons. The maximum Gasteiger partial charge on any atom is 0.255 e. The van der Waals surface area contributed by atoms with E-state index in [9.17, 15) is 9.59 Å². The molecule has 0 spiro atoms. The quantitative estimate of drug-likeness (QED) is 0.629. The van der Waals surface area contributed by atoms with Crippen LogP contribution >= 0.6 is 11.6 Å². The average molecular weight is 486 g/mol. The average Bonchev–Trinajstić information content (AvgIpc) is 3.10. The van der Waals surface area contributed by atoms with E-state index in [1.807, 2.05) is 46.2 Å². The van der Waals surface area contributed by atoms with Gasteiger partial charge >= 0.3 is 0 Å². The molecule has 0 saturated carbocycles. The third kappa shape index (κ3) is 6.29. The van der Waals surface area contributed by atoms with Crippen LogP contribution in [-0.2, 0) is 16.0 Å². The maximum atomic E-state index is 12.9. The van der Waals surface area contributed by atoms with E-state index >= 15 is 0 Å². The van der Waals surface area contributed by atoms with E-state index < -0.39 is 0 Å². The highest BCUT2D eigenvalue weighted by atomic mass is 35.5. The zero-order chi connectivity index (χ0) is 23.9. The van der Waals surface area contributed by atoms with Crippen LogP contribution in [-0.4, -0.2) is 92.1 Å². The lowest BCUT2D eigenvalue weighted by molar-refractivity contribution is -0.130. The Balaban J connectivity index is 1.27. The van der Waals surface area contributed by atoms with Crippen molar-refractivity contribution in [3.8, 4) is 5.75 Å². The van der Waals surface area contributed by atoms with E-state index in [1.165, 1.54) is 0 Å². The lowest BCUT2D eigenvalue weighted by Gasteiger charge is -2.35. The number of carbonyl (C=O) groups excluding carboxylic acids is 2. The number of methoxy groups -OCH3 is 1. The number of carbonyl (C=O) groups is 2. The Kier molecular flexibility index (Phi) is 8.43. The fourth-order valence-electron chi connectivity index (χ4n) is 4.54. The van der Waals surface area contributed by atoms with Gasteiger partial charge < -0.3 is 19.3 Å². The Labute approximate surface area is 206 Å². The van der Waals surface area contributed by atoms with Crippen LogP contribution in [0.5, 0.6) is 5.75 Å². The summed E-state index contributed by atoms with van der Waals surface area (Å²) >= 11 is 6.23. The number of halogens is 1. The van der Waals surface area contributed by atoms with Gasteiger partial charge in [0.1, 0.15) is 5.75 Å². The van der Waals surface area contributed by atoms with Crippen molar-refractivity contribution in [3.63, 3.8) is 0 Å². The fourth-order valence-corrected chi connectivity index (χ4v) is 4.76. The molecule has 2 aromatic carbocycles. The number of hydrogen-bond acceptors (Lipinski definition) is 5. The van der Waals surface area contributed by atoms with Crippen molar-refractivity contribution >= 4 is 23.4 Å². The molecule has 2 fully saturated rings. The normalized spacial score (nSPS) is 19.5. The fraction of sp³-hybridized carbons (Fsp3) is 0.462. The van der Waals surface area contributed by atoms with E-state index in [0.29, 0.717) is 43.2 Å². The topological polar surface area (TPSA) is 62.3 Å². The SMILES string of the molecule is COc1ccc(CC(=O)N2CCCN(CC3CN(C(=O)c4ccccc4Cl)CCO3)CC2)cc1. The van der Waals surface area contributed by atoms with E-state index in [1.54, 1.807) is 19.2 Å². The summed E-state index contributed by atoms with van der Waals surface area (Å²) in [5.74, 6) is 0.890. The van der Waals surface area contributed by atoms with E-state index in [2.05, 4.69) is 4.90 Å². The molecular formula is C26H32ClN3O4. The molecule has 2 saturated heterocycles. The van der Waals surface area contributed by atoms with Crippen LogP contribution in [0.2, 0.25) is 5.02 Å². The lowest BCUT2D eigenvalue weighted by Crippen LogP contribution is -2.50. The molecule has 0 bridgehead atoms. The van der Waals surface area contributed by atoms with Crippen LogP contribution in [0.4, 0.5) is 0 Å². The number of ether oxygens (including phenoxy) is 2. The van der Waals surface area contributed by atoms with Gasteiger partial charge in [-0.2, -0.15) is 0 Å². The summed E-state index contributed by atoms with van der Waals surface area (Å²) in [7, 11) is 1.63. The highest BCUT2D eigenvalue weighted by molar-refractivity contribution is 6.33. The predicted octanol–water partition coefficient (Wildman–Crippen LogP) is 2.97. The number of nitrogens with zero attached hydrogens (tertiary/aromatic N) is 3. The summed E-state index contributed by atoms with van der Waals surface area (Å²) in [5.41, 5.74) is 1.52. The van der Waals surface area contributed by atoms with Crippen molar-refractivity contribution in [2.24, 2.45) is 0 Å². The number of rotatable bonds is 6. The minimum absolute atomic E-state index is 0.0509. The first-order chi connectivity index (χ1) is 16.5. The summed E-state index contributed by atoms with van der Waals surface area (Å²) in [4.78, 5) is 31.9. The third-order valence-electron chi connectivity index (χ3n) is 6.45. The van der Waals surface area contributed by atoms with Crippen molar-refractivity contribution < 1.29 is 19.1 Å². The van der Waals surface area contributed by atoms with Gasteiger partial charge in [-0.3, -0.25) is 14.5 Å². The summed E-state index contributed by atoms with van der Waals surface area (Å²) in [5, 5.41) is 0.474. The van der Waals surface area contributed by atoms with Gasteiger partial charge in [0.25, 0.3) is 5.91 Å². The first-order valence-corrected chi connectivity index (χ1v) is 12.2. The van der Waals surface area contributed by atoms with Crippen LogP contribution in [0.15, 0.2) is 48.5 Å². The highest BCUT2D eigenvalue weighted by Gasteiger charge is 2.28. The van der Waals surface area contributed by atoms with Crippen molar-refractivity contribution in [3.05, 3.63) is 64.7 Å². The van der Waals surface area contributed by atoms with Crippen molar-refractivity contribution in [1.82, 2.24) is 14.7 Å². The minimum Gasteiger partial charge on any atom is -0.497 e. The van der Waals surface area contributed by atoms with Crippen LogP contribution in [0.3, 0.4) is 0 Å². The second-order valence-electron chi connectivity index (χ2n) is 8.78. The predicted molar refractivity (Wildman–Crippen MR) is 131 cm³/mol. The Morgan fingerprint density at radius 1 is 1.00 bits per heavy atom. The molecule has 2 aliphatic rings. The molecule has 0 radical (unpaired) electrons. The maximum absolute atomic E-state index is 12.9. The molecule has 34 heavy (non-hydrogen) atoms. The summed E-state index contributed by atoms with van der Waals surface area (Å²) < 4.78 is 11.2. The smallest absolute Gasteiger partial charge is 0.255 e. The second-order valence-corrected chi connectivity index (χ2v) is 9.19. The van der Waals surface area contributed by atoms with Crippen LogP contribution in [0.25, 0.3) is 0 Å². The first kappa shape index (κ1) is 24.5. The molecule has 0 aromatic heterocycles. The van der Waals surface area contributed by atoms with E-state index in [-0.39, 0.29) is 17.9 Å². The number of hydrogen-bond donors (Lipinski definition) is 0. The third-order valence-corrected chi connectivity index (χ3v) is 6.78. The monoisotopic (exact) mass is 485 g/mol. The van der Waals surface area contributed by atoms with Crippen molar-refractivity contribution in [2.75, 3.05) is 59.5 Å². The van der Waals surface area contributed by atoms with Gasteiger partial charge in [0.05, 0.1) is 36.8 Å². The van der Waals surface area contributed by atoms with Crippen LogP contribution in [0.1, 0.15) is 22.3 Å². The molecule has 4 rings (SSSR count). The largest absolute Gasteiger partial charge is 0.497 e. The van der Waals surface area contributed by atoms with Gasteiger partial charge in [0, 0.05) is 39.3 Å². The number of amides is 2. The standard InChI is InChI=1S/C26H32ClN3O4/c1-33-21-9-7-20(8-10-21)17-25(31)29-12-4-11-28(13-14-29)18-22-19-30(15-16-34-22)26(32)23-5-2-3-6-24(23)27/h2-3,5-10,22H,4,11-19H2,1H3. The molecule has 2 amide bonds. The van der Waals surface area contributed by atoms with Gasteiger partial charge in [-0.15, -0.1) is 0 Å². The van der Waals surface area contributed by atoms with Gasteiger partial charge in [0.2, 0.25) is 5.91 Å². The molecule has 1 atom stereocenters. The van der Waals surface area contributed by atoms with Gasteiger partial charge in [-0.25, -0.2) is 0 Å². The van der Waals surface area contributed by atoms with Gasteiger partial charge in [0.15, 0.2) is 0 Å². The molecule has 0 aliphatic carbocycles. The molecule has 2 aliphatic heterocycles. The van der Waals surface area contributed by atoms with Crippen LogP contribution < -0.4 is 4.74 Å². The Morgan fingerprint density at radius 2 is 1.79 bits per heavy atom. The van der Waals surface area contributed by atoms with E-state index in [0.717, 1.165) is 43.9 Å². The highest BCUT2D eigenvalue weighted by Crippen LogP contribution is 2.19. The summed E-state index contributed by atoms with van der Waals surface area (Å²) in [6.45, 7) is 5.53. The molecule has 2 heterocycles. The summed E-state index contributed by atoms with van der Waals surface area (Å²) in [6, 6.07) is 14.8. The zero-order valence-corrected chi connectivity index (χ0v) is 20.4. The van der Waals surface area contributed by atoms with Crippen molar-refractivity contribution in [2.45, 2.75) is 18.9 Å². The van der Waals surface area contributed by atoms with Gasteiger partial charge in [-0.1, -0.05) is 35.9 Å². The molecule has 2 aromatic rings.